The van der Waals surface area contributed by atoms with Crippen LogP contribution in [0.25, 0.3) is 0 Å². The summed E-state index contributed by atoms with van der Waals surface area (Å²) < 4.78 is 2.02. The van der Waals surface area contributed by atoms with Crippen molar-refractivity contribution in [2.45, 2.75) is 31.7 Å². The molecule has 0 spiro atoms. The molecule has 1 aromatic carbocycles. The van der Waals surface area contributed by atoms with Gasteiger partial charge in [0.1, 0.15) is 0 Å². The lowest BCUT2D eigenvalue weighted by atomic mass is 9.74. The van der Waals surface area contributed by atoms with E-state index < -0.39 is 0 Å². The maximum Gasteiger partial charge on any atom is 0.0947 e. The molecular weight excluding hydrogens is 234 g/mol. The van der Waals surface area contributed by atoms with Crippen molar-refractivity contribution >= 4 is 0 Å². The van der Waals surface area contributed by atoms with Crippen molar-refractivity contribution in [3.8, 4) is 0 Å². The van der Waals surface area contributed by atoms with Crippen LogP contribution in [0.1, 0.15) is 42.1 Å². The largest absolute Gasteiger partial charge is 0.340 e. The van der Waals surface area contributed by atoms with Gasteiger partial charge in [-0.2, -0.15) is 0 Å². The molecule has 0 fully saturated rings. The summed E-state index contributed by atoms with van der Waals surface area (Å²) in [5, 5.41) is 3.57. The number of nitrogens with one attached hydrogen (secondary N) is 1. The van der Waals surface area contributed by atoms with E-state index in [9.17, 15) is 0 Å². The van der Waals surface area contributed by atoms with Crippen molar-refractivity contribution in [1.29, 1.82) is 0 Å². The Morgan fingerprint density at radius 3 is 2.95 bits per heavy atom. The Bertz CT molecular complexity index is 559. The van der Waals surface area contributed by atoms with Crippen LogP contribution in [-0.2, 0) is 13.5 Å². The van der Waals surface area contributed by atoms with Gasteiger partial charge >= 0.3 is 0 Å². The van der Waals surface area contributed by atoms with Gasteiger partial charge in [-0.05, 0) is 36.4 Å². The number of imidazole rings is 1. The molecule has 0 saturated heterocycles. The minimum Gasteiger partial charge on any atom is -0.340 e. The van der Waals surface area contributed by atoms with Gasteiger partial charge in [0.25, 0.3) is 0 Å². The zero-order valence-electron chi connectivity index (χ0n) is 11.6. The first-order valence-corrected chi connectivity index (χ1v) is 7.07. The summed E-state index contributed by atoms with van der Waals surface area (Å²) in [4.78, 5) is 4.50. The monoisotopic (exact) mass is 255 g/mol. The second-order valence-electron chi connectivity index (χ2n) is 5.41. The lowest BCUT2D eigenvalue weighted by Crippen LogP contribution is -2.27. The lowest BCUT2D eigenvalue weighted by molar-refractivity contribution is 0.429. The summed E-state index contributed by atoms with van der Waals surface area (Å²) in [6.07, 6.45) is 6.36. The van der Waals surface area contributed by atoms with Gasteiger partial charge in [0.05, 0.1) is 18.1 Å². The average Bonchev–Trinajstić information content (AvgIpc) is 2.81. The molecule has 100 valence electrons. The fourth-order valence-electron chi connectivity index (χ4n) is 3.03. The number of benzene rings is 1. The van der Waals surface area contributed by atoms with E-state index in [2.05, 4.69) is 47.7 Å². The minimum atomic E-state index is 0.365. The molecule has 3 nitrogen and oxygen atoms in total. The quantitative estimate of drug-likeness (QED) is 0.890. The second kappa shape index (κ2) is 5.17. The van der Waals surface area contributed by atoms with Crippen LogP contribution in [0.15, 0.2) is 36.8 Å². The second-order valence-corrected chi connectivity index (χ2v) is 5.41. The van der Waals surface area contributed by atoms with E-state index in [1.54, 1.807) is 0 Å². The molecule has 3 rings (SSSR count). The first kappa shape index (κ1) is 12.4. The molecule has 0 radical (unpaired) electrons. The molecule has 2 unspecified atom stereocenters. The van der Waals surface area contributed by atoms with Gasteiger partial charge in [-0.25, -0.2) is 4.98 Å². The summed E-state index contributed by atoms with van der Waals surface area (Å²) >= 11 is 0. The molecule has 0 saturated carbocycles. The molecule has 0 amide bonds. The zero-order valence-corrected chi connectivity index (χ0v) is 11.6. The van der Waals surface area contributed by atoms with Gasteiger partial charge in [0, 0.05) is 13.2 Å². The van der Waals surface area contributed by atoms with Crippen LogP contribution in [0.5, 0.6) is 0 Å². The van der Waals surface area contributed by atoms with E-state index in [-0.39, 0.29) is 0 Å². The molecule has 1 heterocycles. The molecule has 2 aromatic rings. The molecule has 2 atom stereocenters. The smallest absolute Gasteiger partial charge is 0.0947 e. The maximum absolute atomic E-state index is 4.50. The van der Waals surface area contributed by atoms with E-state index in [1.165, 1.54) is 17.5 Å². The normalized spacial score (nSPS) is 18.7. The summed E-state index contributed by atoms with van der Waals surface area (Å²) in [7, 11) is 2.03. The van der Waals surface area contributed by atoms with Crippen LogP contribution in [-0.4, -0.2) is 16.1 Å². The van der Waals surface area contributed by atoms with Gasteiger partial charge < -0.3 is 9.88 Å². The summed E-state index contributed by atoms with van der Waals surface area (Å²) in [6.45, 7) is 3.14. The summed E-state index contributed by atoms with van der Waals surface area (Å²) in [5.74, 6) is 0.683. The fraction of sp³-hybridized carbons (Fsp3) is 0.438. The van der Waals surface area contributed by atoms with Crippen LogP contribution in [0.2, 0.25) is 0 Å². The molecule has 1 aromatic heterocycles. The Morgan fingerprint density at radius 2 is 2.26 bits per heavy atom. The topological polar surface area (TPSA) is 29.9 Å². The van der Waals surface area contributed by atoms with Crippen LogP contribution in [0, 0.1) is 0 Å². The third-order valence-corrected chi connectivity index (χ3v) is 4.01. The lowest BCUT2D eigenvalue weighted by Gasteiger charge is -2.32. The summed E-state index contributed by atoms with van der Waals surface area (Å²) in [6, 6.07) is 9.16. The molecule has 19 heavy (non-hydrogen) atoms. The van der Waals surface area contributed by atoms with E-state index in [4.69, 9.17) is 0 Å². The molecule has 1 N–H and O–H groups in total. The Kier molecular flexibility index (Phi) is 3.38. The van der Waals surface area contributed by atoms with Gasteiger partial charge in [-0.3, -0.25) is 0 Å². The first-order valence-electron chi connectivity index (χ1n) is 7.07. The molecule has 1 aliphatic rings. The van der Waals surface area contributed by atoms with Gasteiger partial charge in [-0.15, -0.1) is 0 Å². The summed E-state index contributed by atoms with van der Waals surface area (Å²) in [5.41, 5.74) is 4.21. The number of hydrogen-bond donors (Lipinski definition) is 1. The van der Waals surface area contributed by atoms with Crippen molar-refractivity contribution in [2.75, 3.05) is 6.54 Å². The SMILES string of the molecule is CCNC(CC1Cc2ccccc21)c1cn(C)cn1. The molecule has 1 aliphatic carbocycles. The Balaban J connectivity index is 1.73. The predicted molar refractivity (Wildman–Crippen MR) is 77.1 cm³/mol. The van der Waals surface area contributed by atoms with Crippen molar-refractivity contribution in [3.63, 3.8) is 0 Å². The minimum absolute atomic E-state index is 0.365. The van der Waals surface area contributed by atoms with Crippen LogP contribution in [0.4, 0.5) is 0 Å². The Labute approximate surface area is 114 Å². The maximum atomic E-state index is 4.50. The van der Waals surface area contributed by atoms with Crippen LogP contribution >= 0.6 is 0 Å². The third kappa shape index (κ3) is 2.43. The fourth-order valence-corrected chi connectivity index (χ4v) is 3.03. The number of fused-ring (bicyclic) bond motifs is 1. The number of hydrogen-bond acceptors (Lipinski definition) is 2. The molecular formula is C16H21N3. The van der Waals surface area contributed by atoms with Gasteiger partial charge in [0.2, 0.25) is 0 Å². The standard InChI is InChI=1S/C16H21N3/c1-3-17-15(16-10-19(2)11-18-16)9-13-8-12-6-4-5-7-14(12)13/h4-7,10-11,13,15,17H,3,8-9H2,1-2H3. The van der Waals surface area contributed by atoms with Crippen molar-refractivity contribution in [3.05, 3.63) is 53.6 Å². The molecule has 0 aliphatic heterocycles. The molecule has 0 bridgehead atoms. The zero-order chi connectivity index (χ0) is 13.2. The first-order chi connectivity index (χ1) is 9.28. The third-order valence-electron chi connectivity index (χ3n) is 4.01. The van der Waals surface area contributed by atoms with Crippen molar-refractivity contribution < 1.29 is 0 Å². The number of aromatic nitrogens is 2. The van der Waals surface area contributed by atoms with Gasteiger partial charge in [-0.1, -0.05) is 31.2 Å². The predicted octanol–water partition coefficient (Wildman–Crippen LogP) is 2.80. The van der Waals surface area contributed by atoms with Crippen LogP contribution in [0.3, 0.4) is 0 Å². The highest BCUT2D eigenvalue weighted by atomic mass is 15.0. The van der Waals surface area contributed by atoms with Crippen molar-refractivity contribution in [1.82, 2.24) is 14.9 Å². The number of nitrogens with zero attached hydrogens (tertiary/aromatic N) is 2. The van der Waals surface area contributed by atoms with E-state index in [0.717, 1.165) is 18.7 Å². The Hall–Kier alpha value is -1.61. The highest BCUT2D eigenvalue weighted by molar-refractivity contribution is 5.40. The van der Waals surface area contributed by atoms with E-state index in [0.29, 0.717) is 12.0 Å². The molecule has 3 heteroatoms. The van der Waals surface area contributed by atoms with Crippen LogP contribution < -0.4 is 5.32 Å². The Morgan fingerprint density at radius 1 is 1.42 bits per heavy atom. The highest BCUT2D eigenvalue weighted by Crippen LogP contribution is 2.40. The number of rotatable bonds is 5. The average molecular weight is 255 g/mol. The van der Waals surface area contributed by atoms with Gasteiger partial charge in [0.15, 0.2) is 0 Å². The van der Waals surface area contributed by atoms with E-state index in [1.807, 2.05) is 17.9 Å². The van der Waals surface area contributed by atoms with Crippen molar-refractivity contribution in [2.24, 2.45) is 7.05 Å². The number of aryl methyl sites for hydroxylation is 1. The van der Waals surface area contributed by atoms with E-state index >= 15 is 0 Å². The highest BCUT2D eigenvalue weighted by Gasteiger charge is 2.28.